The molecule has 1 nitrogen and oxygen atoms in total. The van der Waals surface area contributed by atoms with E-state index in [1.165, 1.54) is 64.5 Å². The average Bonchev–Trinajstić information content (AvgIpc) is 2.59. The molecule has 1 aliphatic heterocycles. The Hall–Kier alpha value is -0.0400. The second kappa shape index (κ2) is 23.2. The zero-order chi connectivity index (χ0) is 17.8. The fourth-order valence-corrected chi connectivity index (χ4v) is 2.84. The summed E-state index contributed by atoms with van der Waals surface area (Å²) in [5.74, 6) is 2.04. The molecular weight excluding hydrogens is 266 g/mol. The molecule has 0 saturated carbocycles. The van der Waals surface area contributed by atoms with Crippen molar-refractivity contribution < 1.29 is 0 Å². The zero-order valence-electron chi connectivity index (χ0n) is 17.7. The molecular formula is C21H49N. The van der Waals surface area contributed by atoms with Gasteiger partial charge in [0.1, 0.15) is 0 Å². The van der Waals surface area contributed by atoms with Crippen LogP contribution >= 0.6 is 0 Å². The molecule has 1 rings (SSSR count). The van der Waals surface area contributed by atoms with Gasteiger partial charge >= 0.3 is 0 Å². The van der Waals surface area contributed by atoms with Crippen LogP contribution in [0.25, 0.3) is 0 Å². The molecule has 0 unspecified atom stereocenters. The molecule has 0 aromatic heterocycles. The molecule has 0 aromatic carbocycles. The molecule has 1 heterocycles. The lowest BCUT2D eigenvalue weighted by molar-refractivity contribution is 0.216. The first-order chi connectivity index (χ1) is 10.7. The predicted octanol–water partition coefficient (Wildman–Crippen LogP) is 7.40. The minimum Gasteiger partial charge on any atom is -0.306 e. The normalized spacial score (nSPS) is 15.0. The smallest absolute Gasteiger partial charge is 0.00191 e. The molecule has 0 spiro atoms. The van der Waals surface area contributed by atoms with E-state index in [9.17, 15) is 0 Å². The molecule has 0 amide bonds. The quantitative estimate of drug-likeness (QED) is 0.493. The average molecular weight is 316 g/mol. The van der Waals surface area contributed by atoms with E-state index in [2.05, 4.69) is 39.6 Å². The number of rotatable bonds is 6. The van der Waals surface area contributed by atoms with E-state index in [0.29, 0.717) is 0 Å². The van der Waals surface area contributed by atoms with Gasteiger partial charge in [0.25, 0.3) is 0 Å². The number of hydrogen-bond donors (Lipinski definition) is 0. The third-order valence-electron chi connectivity index (χ3n) is 4.39. The van der Waals surface area contributed by atoms with Crippen LogP contribution < -0.4 is 0 Å². The highest BCUT2D eigenvalue weighted by Crippen LogP contribution is 2.18. The van der Waals surface area contributed by atoms with E-state index in [1.807, 2.05) is 27.7 Å². The van der Waals surface area contributed by atoms with Gasteiger partial charge in [-0.05, 0) is 44.8 Å². The van der Waals surface area contributed by atoms with Crippen molar-refractivity contribution in [3.63, 3.8) is 0 Å². The highest BCUT2D eigenvalue weighted by atomic mass is 15.1. The maximum Gasteiger partial charge on any atom is -0.00191 e. The van der Waals surface area contributed by atoms with Gasteiger partial charge in [-0.3, -0.25) is 0 Å². The standard InChI is InChI=1S/C9H20.C8H17N.2C2H6/c1-4-7-9(6-3)8-5-2;1-3-8-4-6-9(2)7-5-8;2*1-2/h9H,4-8H2,1-3H3;8H,3-7H2,1-2H3;2*1-2H3. The van der Waals surface area contributed by atoms with Crippen LogP contribution in [0.4, 0.5) is 0 Å². The Bertz CT molecular complexity index is 153. The second-order valence-electron chi connectivity index (χ2n) is 6.01. The number of piperidine rings is 1. The van der Waals surface area contributed by atoms with Gasteiger partial charge in [0.2, 0.25) is 0 Å². The summed E-state index contributed by atoms with van der Waals surface area (Å²) in [7, 11) is 2.21. The van der Waals surface area contributed by atoms with Crippen LogP contribution in [0.3, 0.4) is 0 Å². The lowest BCUT2D eigenvalue weighted by Gasteiger charge is -2.27. The predicted molar refractivity (Wildman–Crippen MR) is 107 cm³/mol. The highest BCUT2D eigenvalue weighted by molar-refractivity contribution is 4.67. The Morgan fingerprint density at radius 1 is 0.818 bits per heavy atom. The largest absolute Gasteiger partial charge is 0.306 e. The Labute approximate surface area is 144 Å². The van der Waals surface area contributed by atoms with Crippen LogP contribution in [0.2, 0.25) is 0 Å². The topological polar surface area (TPSA) is 3.24 Å². The summed E-state index contributed by atoms with van der Waals surface area (Å²) in [4.78, 5) is 2.42. The summed E-state index contributed by atoms with van der Waals surface area (Å²) < 4.78 is 0. The van der Waals surface area contributed by atoms with Crippen molar-refractivity contribution in [1.82, 2.24) is 4.90 Å². The minimum atomic E-state index is 1.01. The summed E-state index contributed by atoms with van der Waals surface area (Å²) >= 11 is 0. The molecule has 0 bridgehead atoms. The first kappa shape index (κ1) is 26.8. The van der Waals surface area contributed by atoms with Gasteiger partial charge in [-0.15, -0.1) is 0 Å². The maximum absolute atomic E-state index is 2.42. The van der Waals surface area contributed by atoms with E-state index in [-0.39, 0.29) is 0 Å². The SMILES string of the molecule is CC.CC.CCC1CCN(C)CC1.CCCC(CC)CCC. The fourth-order valence-electron chi connectivity index (χ4n) is 2.84. The Morgan fingerprint density at radius 2 is 1.23 bits per heavy atom. The van der Waals surface area contributed by atoms with Crippen molar-refractivity contribution in [2.45, 2.75) is 107 Å². The molecule has 0 radical (unpaired) electrons. The van der Waals surface area contributed by atoms with Crippen molar-refractivity contribution >= 4 is 0 Å². The van der Waals surface area contributed by atoms with Crippen LogP contribution in [-0.4, -0.2) is 25.0 Å². The van der Waals surface area contributed by atoms with Gasteiger partial charge in [-0.2, -0.15) is 0 Å². The molecule has 22 heavy (non-hydrogen) atoms. The fraction of sp³-hybridized carbons (Fsp3) is 1.00. The van der Waals surface area contributed by atoms with Crippen LogP contribution in [-0.2, 0) is 0 Å². The Kier molecular flexibility index (Phi) is 28.3. The van der Waals surface area contributed by atoms with Crippen LogP contribution in [0.5, 0.6) is 0 Å². The van der Waals surface area contributed by atoms with Crippen molar-refractivity contribution in [2.24, 2.45) is 11.8 Å². The van der Waals surface area contributed by atoms with Gasteiger partial charge in [0, 0.05) is 0 Å². The lowest BCUT2D eigenvalue weighted by atomic mass is 9.95. The molecule has 1 aliphatic rings. The molecule has 1 saturated heterocycles. The van der Waals surface area contributed by atoms with Crippen molar-refractivity contribution in [3.8, 4) is 0 Å². The first-order valence-electron chi connectivity index (χ1n) is 10.4. The summed E-state index contributed by atoms with van der Waals surface area (Å²) in [6.45, 7) is 19.8. The van der Waals surface area contributed by atoms with Gasteiger partial charge in [0.05, 0.1) is 0 Å². The summed E-state index contributed by atoms with van der Waals surface area (Å²) in [5.41, 5.74) is 0. The number of nitrogens with zero attached hydrogens (tertiary/aromatic N) is 1. The van der Waals surface area contributed by atoms with E-state index >= 15 is 0 Å². The van der Waals surface area contributed by atoms with Gasteiger partial charge in [-0.1, -0.05) is 93.9 Å². The molecule has 0 N–H and O–H groups in total. The van der Waals surface area contributed by atoms with Gasteiger partial charge < -0.3 is 4.90 Å². The van der Waals surface area contributed by atoms with E-state index in [0.717, 1.165) is 11.8 Å². The summed E-state index contributed by atoms with van der Waals surface area (Å²) in [5, 5.41) is 0. The summed E-state index contributed by atoms with van der Waals surface area (Å²) in [6, 6.07) is 0. The number of hydrogen-bond acceptors (Lipinski definition) is 1. The minimum absolute atomic E-state index is 1.01. The van der Waals surface area contributed by atoms with Gasteiger partial charge in [-0.25, -0.2) is 0 Å². The molecule has 138 valence electrons. The maximum atomic E-state index is 2.42. The van der Waals surface area contributed by atoms with Gasteiger partial charge in [0.15, 0.2) is 0 Å². The lowest BCUT2D eigenvalue weighted by Crippen LogP contribution is -2.29. The molecule has 0 atom stereocenters. The second-order valence-corrected chi connectivity index (χ2v) is 6.01. The Morgan fingerprint density at radius 3 is 1.50 bits per heavy atom. The molecule has 1 fully saturated rings. The van der Waals surface area contributed by atoms with E-state index < -0.39 is 0 Å². The van der Waals surface area contributed by atoms with Crippen LogP contribution in [0.15, 0.2) is 0 Å². The Balaban J connectivity index is -0.000000267. The third kappa shape index (κ3) is 18.0. The molecule has 0 aliphatic carbocycles. The van der Waals surface area contributed by atoms with Crippen molar-refractivity contribution in [3.05, 3.63) is 0 Å². The highest BCUT2D eigenvalue weighted by Gasteiger charge is 2.13. The third-order valence-corrected chi connectivity index (χ3v) is 4.39. The van der Waals surface area contributed by atoms with E-state index in [1.54, 1.807) is 0 Å². The van der Waals surface area contributed by atoms with Crippen molar-refractivity contribution in [1.29, 1.82) is 0 Å². The van der Waals surface area contributed by atoms with Crippen molar-refractivity contribution in [2.75, 3.05) is 20.1 Å². The van der Waals surface area contributed by atoms with Crippen LogP contribution in [0.1, 0.15) is 107 Å². The monoisotopic (exact) mass is 315 g/mol. The molecule has 0 aromatic rings. The zero-order valence-corrected chi connectivity index (χ0v) is 17.7. The van der Waals surface area contributed by atoms with E-state index in [4.69, 9.17) is 0 Å². The van der Waals surface area contributed by atoms with Crippen LogP contribution in [0, 0.1) is 11.8 Å². The number of likely N-dealkylation sites (tertiary alicyclic amines) is 1. The molecule has 1 heteroatoms. The summed E-state index contributed by atoms with van der Waals surface area (Å²) in [6.07, 6.45) is 11.2. The first-order valence-corrected chi connectivity index (χ1v) is 10.4.